The Morgan fingerprint density at radius 3 is 2.92 bits per heavy atom. The van der Waals surface area contributed by atoms with Gasteiger partial charge in [-0.05, 0) is 18.6 Å². The molecule has 0 bridgehead atoms. The second-order valence-electron chi connectivity index (χ2n) is 5.52. The fraction of sp³-hybridized carbons (Fsp3) is 0.294. The third kappa shape index (κ3) is 2.99. The van der Waals surface area contributed by atoms with Gasteiger partial charge in [-0.1, -0.05) is 19.1 Å². The highest BCUT2D eigenvalue weighted by Crippen LogP contribution is 2.37. The van der Waals surface area contributed by atoms with Gasteiger partial charge in [-0.2, -0.15) is 10.5 Å². The number of imidazole rings is 1. The topological polar surface area (TPSA) is 85.7 Å². The molecule has 0 spiro atoms. The first-order valence-corrected chi connectivity index (χ1v) is 8.43. The lowest BCUT2D eigenvalue weighted by Gasteiger charge is -2.22. The Labute approximate surface area is 144 Å². The monoisotopic (exact) mass is 337 g/mol. The molecule has 0 N–H and O–H groups in total. The fourth-order valence-electron chi connectivity index (χ4n) is 2.68. The van der Waals surface area contributed by atoms with Gasteiger partial charge in [-0.25, -0.2) is 4.98 Å². The number of nitrogens with zero attached hydrogens (tertiary/aromatic N) is 5. The Hall–Kier alpha value is -2.77. The molecule has 2 heterocycles. The largest absolute Gasteiger partial charge is 0.312 e. The van der Waals surface area contributed by atoms with Crippen LogP contribution in [0.15, 0.2) is 35.5 Å². The van der Waals surface area contributed by atoms with Crippen LogP contribution in [0.5, 0.6) is 0 Å². The average Bonchev–Trinajstić information content (AvgIpc) is 2.88. The van der Waals surface area contributed by atoms with Crippen molar-refractivity contribution in [2.45, 2.75) is 30.0 Å². The molecule has 0 saturated carbocycles. The highest BCUT2D eigenvalue weighted by atomic mass is 32.2. The summed E-state index contributed by atoms with van der Waals surface area (Å²) in [4.78, 5) is 19.6. The van der Waals surface area contributed by atoms with Crippen molar-refractivity contribution in [1.29, 1.82) is 10.5 Å². The quantitative estimate of drug-likeness (QED) is 0.840. The van der Waals surface area contributed by atoms with Crippen LogP contribution in [0.25, 0.3) is 0 Å². The lowest BCUT2D eigenvalue weighted by Crippen LogP contribution is -2.35. The van der Waals surface area contributed by atoms with E-state index in [1.54, 1.807) is 16.7 Å². The van der Waals surface area contributed by atoms with E-state index in [1.165, 1.54) is 10.9 Å². The second-order valence-corrected chi connectivity index (χ2v) is 7.00. The number of anilines is 1. The molecule has 0 saturated heterocycles. The second kappa shape index (κ2) is 6.77. The van der Waals surface area contributed by atoms with Gasteiger partial charge in [0.2, 0.25) is 5.91 Å². The van der Waals surface area contributed by atoms with Crippen LogP contribution in [-0.4, -0.2) is 27.3 Å². The SMILES string of the molecule is CC1CCN(C(=O)Cn2cnc(C#N)c2C#N)c2ccccc2S1. The van der Waals surface area contributed by atoms with E-state index in [9.17, 15) is 10.1 Å². The van der Waals surface area contributed by atoms with Crippen molar-refractivity contribution < 1.29 is 4.79 Å². The normalized spacial score (nSPS) is 16.6. The van der Waals surface area contributed by atoms with Gasteiger partial charge < -0.3 is 9.47 Å². The molecule has 1 aromatic heterocycles. The molecule has 1 aliphatic heterocycles. The first kappa shape index (κ1) is 16.1. The van der Waals surface area contributed by atoms with E-state index in [0.717, 1.165) is 17.0 Å². The van der Waals surface area contributed by atoms with Gasteiger partial charge in [0.25, 0.3) is 0 Å². The molecule has 1 amide bonds. The number of hydrogen-bond acceptors (Lipinski definition) is 5. The molecule has 0 radical (unpaired) electrons. The predicted octanol–water partition coefficient (Wildman–Crippen LogP) is 2.54. The van der Waals surface area contributed by atoms with Crippen molar-refractivity contribution in [3.8, 4) is 12.1 Å². The minimum absolute atomic E-state index is 0.00897. The van der Waals surface area contributed by atoms with Gasteiger partial charge in [0.1, 0.15) is 18.7 Å². The number of amides is 1. The molecule has 1 aromatic carbocycles. The van der Waals surface area contributed by atoms with E-state index in [-0.39, 0.29) is 23.8 Å². The fourth-order valence-corrected chi connectivity index (χ4v) is 3.79. The molecule has 1 unspecified atom stereocenters. The van der Waals surface area contributed by atoms with Crippen LogP contribution in [0.4, 0.5) is 5.69 Å². The predicted molar refractivity (Wildman–Crippen MR) is 90.4 cm³/mol. The van der Waals surface area contributed by atoms with Gasteiger partial charge in [-0.3, -0.25) is 4.79 Å². The van der Waals surface area contributed by atoms with Crippen molar-refractivity contribution in [2.75, 3.05) is 11.4 Å². The minimum Gasteiger partial charge on any atom is -0.312 e. The molecule has 0 aliphatic carbocycles. The lowest BCUT2D eigenvalue weighted by atomic mass is 10.2. The number of rotatable bonds is 2. The van der Waals surface area contributed by atoms with Gasteiger partial charge >= 0.3 is 0 Å². The Bertz CT molecular complexity index is 861. The van der Waals surface area contributed by atoms with Crippen LogP contribution in [0.3, 0.4) is 0 Å². The summed E-state index contributed by atoms with van der Waals surface area (Å²) in [6.45, 7) is 2.77. The molecule has 3 rings (SSSR count). The number of thioether (sulfide) groups is 1. The van der Waals surface area contributed by atoms with Crippen molar-refractivity contribution >= 4 is 23.4 Å². The van der Waals surface area contributed by atoms with Crippen LogP contribution in [-0.2, 0) is 11.3 Å². The average molecular weight is 337 g/mol. The van der Waals surface area contributed by atoms with Crippen LogP contribution >= 0.6 is 11.8 Å². The van der Waals surface area contributed by atoms with Gasteiger partial charge in [0.15, 0.2) is 11.4 Å². The van der Waals surface area contributed by atoms with Crippen molar-refractivity contribution in [2.24, 2.45) is 0 Å². The minimum atomic E-state index is -0.115. The number of carbonyl (C=O) groups is 1. The highest BCUT2D eigenvalue weighted by Gasteiger charge is 2.25. The first-order valence-electron chi connectivity index (χ1n) is 7.55. The molecule has 24 heavy (non-hydrogen) atoms. The highest BCUT2D eigenvalue weighted by molar-refractivity contribution is 8.00. The summed E-state index contributed by atoms with van der Waals surface area (Å²) in [5, 5.41) is 18.6. The summed E-state index contributed by atoms with van der Waals surface area (Å²) in [5.41, 5.74) is 1.07. The van der Waals surface area contributed by atoms with Gasteiger partial charge in [-0.15, -0.1) is 11.8 Å². The van der Waals surface area contributed by atoms with E-state index in [0.29, 0.717) is 11.8 Å². The number of nitriles is 2. The smallest absolute Gasteiger partial charge is 0.247 e. The molecule has 6 nitrogen and oxygen atoms in total. The number of fused-ring (bicyclic) bond motifs is 1. The number of para-hydroxylation sites is 1. The van der Waals surface area contributed by atoms with E-state index < -0.39 is 0 Å². The summed E-state index contributed by atoms with van der Waals surface area (Å²) in [7, 11) is 0. The molecular weight excluding hydrogens is 322 g/mol. The standard InChI is InChI=1S/C17H15N5OS/c1-12-6-7-22(14-4-2-3-5-16(14)24-12)17(23)10-21-11-20-13(8-18)15(21)9-19/h2-5,11-12H,6-7,10H2,1H3. The van der Waals surface area contributed by atoms with E-state index in [1.807, 2.05) is 36.4 Å². The van der Waals surface area contributed by atoms with Gasteiger partial charge in [0.05, 0.1) is 12.0 Å². The summed E-state index contributed by atoms with van der Waals surface area (Å²) >= 11 is 1.77. The Morgan fingerprint density at radius 1 is 1.38 bits per heavy atom. The molecule has 1 atom stereocenters. The Kier molecular flexibility index (Phi) is 4.54. The lowest BCUT2D eigenvalue weighted by molar-refractivity contribution is -0.119. The number of benzene rings is 1. The Balaban J connectivity index is 1.90. The zero-order valence-electron chi connectivity index (χ0n) is 13.1. The number of aromatic nitrogens is 2. The molecule has 0 fully saturated rings. The molecule has 2 aromatic rings. The molecule has 120 valence electrons. The summed E-state index contributed by atoms with van der Waals surface area (Å²) < 4.78 is 1.44. The zero-order valence-corrected chi connectivity index (χ0v) is 14.0. The van der Waals surface area contributed by atoms with E-state index in [2.05, 4.69) is 11.9 Å². The molecular formula is C17H15N5OS. The van der Waals surface area contributed by atoms with Crippen LogP contribution in [0, 0.1) is 22.7 Å². The van der Waals surface area contributed by atoms with Crippen molar-refractivity contribution in [3.05, 3.63) is 42.0 Å². The molecule has 7 heteroatoms. The summed E-state index contributed by atoms with van der Waals surface area (Å²) in [6, 6.07) is 11.7. The Morgan fingerprint density at radius 2 is 2.17 bits per heavy atom. The van der Waals surface area contributed by atoms with Crippen LogP contribution in [0.1, 0.15) is 24.7 Å². The maximum Gasteiger partial charge on any atom is 0.247 e. The van der Waals surface area contributed by atoms with Crippen LogP contribution in [0.2, 0.25) is 0 Å². The van der Waals surface area contributed by atoms with Crippen molar-refractivity contribution in [3.63, 3.8) is 0 Å². The number of carbonyl (C=O) groups excluding carboxylic acids is 1. The summed E-state index contributed by atoms with van der Waals surface area (Å²) in [6.07, 6.45) is 2.26. The van der Waals surface area contributed by atoms with E-state index >= 15 is 0 Å². The summed E-state index contributed by atoms with van der Waals surface area (Å²) in [5.74, 6) is -0.115. The maximum atomic E-state index is 12.8. The third-order valence-electron chi connectivity index (χ3n) is 3.90. The van der Waals surface area contributed by atoms with Crippen molar-refractivity contribution in [1.82, 2.24) is 9.55 Å². The van der Waals surface area contributed by atoms with Crippen LogP contribution < -0.4 is 4.90 Å². The van der Waals surface area contributed by atoms with E-state index in [4.69, 9.17) is 5.26 Å². The van der Waals surface area contributed by atoms with Gasteiger partial charge in [0, 0.05) is 16.7 Å². The third-order valence-corrected chi connectivity index (χ3v) is 5.14. The maximum absolute atomic E-state index is 12.8. The number of hydrogen-bond donors (Lipinski definition) is 0. The molecule has 1 aliphatic rings. The first-order chi connectivity index (χ1) is 11.6. The zero-order chi connectivity index (χ0) is 17.1.